The average Bonchev–Trinajstić information content (AvgIpc) is 3.13. The highest BCUT2D eigenvalue weighted by Crippen LogP contribution is 2.24. The van der Waals surface area contributed by atoms with Crippen LogP contribution in [0.25, 0.3) is 5.69 Å². The van der Waals surface area contributed by atoms with Gasteiger partial charge in [0.15, 0.2) is 0 Å². The lowest BCUT2D eigenvalue weighted by Gasteiger charge is -2.19. The van der Waals surface area contributed by atoms with Crippen molar-refractivity contribution in [2.45, 2.75) is 32.4 Å². The van der Waals surface area contributed by atoms with E-state index in [9.17, 15) is 5.11 Å². The summed E-state index contributed by atoms with van der Waals surface area (Å²) in [7, 11) is 0. The van der Waals surface area contributed by atoms with E-state index in [4.69, 9.17) is 11.6 Å². The minimum absolute atomic E-state index is 0.190. The van der Waals surface area contributed by atoms with Crippen LogP contribution in [0.2, 0.25) is 5.02 Å². The van der Waals surface area contributed by atoms with Crippen LogP contribution >= 0.6 is 11.6 Å². The van der Waals surface area contributed by atoms with Gasteiger partial charge in [-0.25, -0.2) is 4.68 Å². The van der Waals surface area contributed by atoms with Crippen molar-refractivity contribution in [1.29, 1.82) is 0 Å². The highest BCUT2D eigenvalue weighted by atomic mass is 35.5. The molecule has 0 fully saturated rings. The molecule has 2 N–H and O–H groups in total. The molecule has 3 rings (SSSR count). The van der Waals surface area contributed by atoms with Crippen LogP contribution in [0.3, 0.4) is 0 Å². The first-order valence-electron chi connectivity index (χ1n) is 7.94. The van der Waals surface area contributed by atoms with Crippen LogP contribution in [0.1, 0.15) is 30.6 Å². The van der Waals surface area contributed by atoms with E-state index in [0.29, 0.717) is 11.1 Å². The summed E-state index contributed by atoms with van der Waals surface area (Å²) in [4.78, 5) is 0. The van der Waals surface area contributed by atoms with Crippen LogP contribution in [0, 0.1) is 12.8 Å². The van der Waals surface area contributed by atoms with E-state index in [0.717, 1.165) is 17.8 Å². The van der Waals surface area contributed by atoms with Crippen LogP contribution in [-0.2, 0) is 0 Å². The predicted octanol–water partition coefficient (Wildman–Crippen LogP) is 3.42. The average molecular weight is 332 g/mol. The van der Waals surface area contributed by atoms with Gasteiger partial charge in [-0.3, -0.25) is 0 Å². The fourth-order valence-electron chi connectivity index (χ4n) is 3.16. The van der Waals surface area contributed by atoms with Crippen molar-refractivity contribution < 1.29 is 5.11 Å². The minimum atomic E-state index is 0.190. The van der Waals surface area contributed by atoms with E-state index in [1.54, 1.807) is 0 Å². The SMILES string of the molecule is Cc1c(C(C)N[C@@H]2C=C[C@H](CO)C2)cnn1-c1cccc(Cl)c1. The molecule has 1 aliphatic rings. The minimum Gasteiger partial charge on any atom is -0.396 e. The molecule has 1 aromatic heterocycles. The highest BCUT2D eigenvalue weighted by molar-refractivity contribution is 6.30. The fourth-order valence-corrected chi connectivity index (χ4v) is 3.34. The van der Waals surface area contributed by atoms with Gasteiger partial charge in [0.1, 0.15) is 0 Å². The van der Waals surface area contributed by atoms with E-state index in [-0.39, 0.29) is 18.6 Å². The summed E-state index contributed by atoms with van der Waals surface area (Å²) >= 11 is 6.08. The quantitative estimate of drug-likeness (QED) is 0.825. The Balaban J connectivity index is 1.75. The summed E-state index contributed by atoms with van der Waals surface area (Å²) in [5, 5.41) is 18.0. The van der Waals surface area contributed by atoms with Gasteiger partial charge in [-0.15, -0.1) is 0 Å². The molecule has 0 saturated carbocycles. The molecule has 5 heteroatoms. The fraction of sp³-hybridized carbons (Fsp3) is 0.389. The van der Waals surface area contributed by atoms with Crippen molar-refractivity contribution in [2.24, 2.45) is 5.92 Å². The lowest BCUT2D eigenvalue weighted by atomic mass is 10.1. The molecular formula is C18H22ClN3O. The Bertz CT molecular complexity index is 710. The summed E-state index contributed by atoms with van der Waals surface area (Å²) in [5.41, 5.74) is 3.24. The number of aliphatic hydroxyl groups excluding tert-OH is 1. The van der Waals surface area contributed by atoms with E-state index < -0.39 is 0 Å². The van der Waals surface area contributed by atoms with Crippen LogP contribution in [0.5, 0.6) is 0 Å². The molecule has 3 atom stereocenters. The first kappa shape index (κ1) is 16.2. The van der Waals surface area contributed by atoms with Crippen LogP contribution in [0.15, 0.2) is 42.6 Å². The van der Waals surface area contributed by atoms with E-state index in [1.165, 1.54) is 5.56 Å². The molecule has 0 aliphatic heterocycles. The van der Waals surface area contributed by atoms with Gasteiger partial charge in [-0.2, -0.15) is 5.10 Å². The number of nitrogens with one attached hydrogen (secondary N) is 1. The number of hydrogen-bond donors (Lipinski definition) is 2. The third kappa shape index (κ3) is 3.50. The summed E-state index contributed by atoms with van der Waals surface area (Å²) in [6.45, 7) is 4.43. The Morgan fingerprint density at radius 1 is 1.43 bits per heavy atom. The molecule has 1 aromatic carbocycles. The number of hydrogen-bond acceptors (Lipinski definition) is 3. The molecule has 23 heavy (non-hydrogen) atoms. The molecule has 1 aliphatic carbocycles. The first-order chi connectivity index (χ1) is 11.1. The van der Waals surface area contributed by atoms with Crippen LogP contribution in [0.4, 0.5) is 0 Å². The van der Waals surface area contributed by atoms with Crippen molar-refractivity contribution in [2.75, 3.05) is 6.61 Å². The monoisotopic (exact) mass is 331 g/mol. The van der Waals surface area contributed by atoms with Gasteiger partial charge in [0.05, 0.1) is 11.9 Å². The standard InChI is InChI=1S/C18H22ClN3O/c1-12(21-16-7-6-14(8-16)11-23)18-10-20-22(13(18)2)17-5-3-4-15(19)9-17/h3-7,9-10,12,14,16,21,23H,8,11H2,1-2H3/t12?,14-,16+/m0/s1. The van der Waals surface area contributed by atoms with Crippen molar-refractivity contribution >= 4 is 11.6 Å². The Hall–Kier alpha value is -1.62. The molecule has 0 saturated heterocycles. The zero-order valence-electron chi connectivity index (χ0n) is 13.4. The molecule has 1 heterocycles. The van der Waals surface area contributed by atoms with Gasteiger partial charge < -0.3 is 10.4 Å². The summed E-state index contributed by atoms with van der Waals surface area (Å²) in [6.07, 6.45) is 7.10. The first-order valence-corrected chi connectivity index (χ1v) is 8.32. The third-order valence-corrected chi connectivity index (χ3v) is 4.67. The molecule has 122 valence electrons. The number of benzene rings is 1. The smallest absolute Gasteiger partial charge is 0.0663 e. The molecular weight excluding hydrogens is 310 g/mol. The Labute approximate surface area is 141 Å². The van der Waals surface area contributed by atoms with Gasteiger partial charge in [0.25, 0.3) is 0 Å². The highest BCUT2D eigenvalue weighted by Gasteiger charge is 2.22. The second-order valence-corrected chi connectivity index (χ2v) is 6.57. The third-order valence-electron chi connectivity index (χ3n) is 4.44. The maximum Gasteiger partial charge on any atom is 0.0663 e. The largest absolute Gasteiger partial charge is 0.396 e. The van der Waals surface area contributed by atoms with Crippen LogP contribution < -0.4 is 5.32 Å². The van der Waals surface area contributed by atoms with Crippen molar-refractivity contribution in [3.63, 3.8) is 0 Å². The normalized spacial score (nSPS) is 21.7. The maximum absolute atomic E-state index is 9.23. The van der Waals surface area contributed by atoms with Gasteiger partial charge in [-0.1, -0.05) is 29.8 Å². The molecule has 0 bridgehead atoms. The maximum atomic E-state index is 9.23. The number of aliphatic hydroxyl groups is 1. The Morgan fingerprint density at radius 2 is 2.26 bits per heavy atom. The van der Waals surface area contributed by atoms with E-state index in [2.05, 4.69) is 36.4 Å². The summed E-state index contributed by atoms with van der Waals surface area (Å²) in [6, 6.07) is 8.19. The van der Waals surface area contributed by atoms with Gasteiger partial charge in [0, 0.05) is 40.9 Å². The molecule has 0 spiro atoms. The van der Waals surface area contributed by atoms with Gasteiger partial charge in [0.2, 0.25) is 0 Å². The van der Waals surface area contributed by atoms with Crippen molar-refractivity contribution in [3.05, 3.63) is 58.9 Å². The van der Waals surface area contributed by atoms with Gasteiger partial charge in [-0.05, 0) is 38.5 Å². The topological polar surface area (TPSA) is 50.1 Å². The van der Waals surface area contributed by atoms with E-state index in [1.807, 2.05) is 35.1 Å². The second kappa shape index (κ2) is 6.87. The molecule has 0 radical (unpaired) electrons. The zero-order chi connectivity index (χ0) is 16.4. The molecule has 1 unspecified atom stereocenters. The lowest BCUT2D eigenvalue weighted by Crippen LogP contribution is -2.29. The Morgan fingerprint density at radius 3 is 2.96 bits per heavy atom. The predicted molar refractivity (Wildman–Crippen MR) is 93.0 cm³/mol. The lowest BCUT2D eigenvalue weighted by molar-refractivity contribution is 0.245. The molecule has 2 aromatic rings. The zero-order valence-corrected chi connectivity index (χ0v) is 14.2. The number of halogens is 1. The van der Waals surface area contributed by atoms with Crippen LogP contribution in [-0.4, -0.2) is 27.5 Å². The second-order valence-electron chi connectivity index (χ2n) is 6.14. The van der Waals surface area contributed by atoms with Gasteiger partial charge >= 0.3 is 0 Å². The molecule has 0 amide bonds. The number of rotatable bonds is 5. The summed E-state index contributed by atoms with van der Waals surface area (Å²) < 4.78 is 1.92. The number of nitrogens with zero attached hydrogens (tertiary/aromatic N) is 2. The molecule has 4 nitrogen and oxygen atoms in total. The Kier molecular flexibility index (Phi) is 4.85. The number of aromatic nitrogens is 2. The van der Waals surface area contributed by atoms with Crippen molar-refractivity contribution in [1.82, 2.24) is 15.1 Å². The summed E-state index contributed by atoms with van der Waals surface area (Å²) in [5.74, 6) is 0.273. The van der Waals surface area contributed by atoms with E-state index >= 15 is 0 Å². The van der Waals surface area contributed by atoms with Crippen molar-refractivity contribution in [3.8, 4) is 5.69 Å².